The van der Waals surface area contributed by atoms with Crippen molar-refractivity contribution in [1.29, 1.82) is 0 Å². The van der Waals surface area contributed by atoms with E-state index in [2.05, 4.69) is 5.32 Å². The summed E-state index contributed by atoms with van der Waals surface area (Å²) in [6.07, 6.45) is 1.11. The Bertz CT molecular complexity index is 866. The van der Waals surface area contributed by atoms with Gasteiger partial charge in [0, 0.05) is 41.7 Å². The molecule has 0 aliphatic heterocycles. The molecule has 0 bridgehead atoms. The molecule has 0 unspecified atom stereocenters. The molecular formula is C21H21Cl2FN2O2. The Morgan fingerprint density at radius 2 is 1.64 bits per heavy atom. The van der Waals surface area contributed by atoms with E-state index in [1.165, 1.54) is 12.1 Å². The number of nitrogens with one attached hydrogen (secondary N) is 1. The van der Waals surface area contributed by atoms with Crippen LogP contribution in [0.25, 0.3) is 0 Å². The van der Waals surface area contributed by atoms with Gasteiger partial charge in [-0.05, 0) is 54.7 Å². The second-order valence-electron chi connectivity index (χ2n) is 7.30. The lowest BCUT2D eigenvalue weighted by Gasteiger charge is -2.22. The summed E-state index contributed by atoms with van der Waals surface area (Å²) in [4.78, 5) is 26.9. The van der Waals surface area contributed by atoms with E-state index in [9.17, 15) is 14.0 Å². The van der Waals surface area contributed by atoms with Gasteiger partial charge in [-0.3, -0.25) is 9.59 Å². The van der Waals surface area contributed by atoms with Gasteiger partial charge in [0.2, 0.25) is 5.91 Å². The van der Waals surface area contributed by atoms with Gasteiger partial charge in [-0.2, -0.15) is 0 Å². The number of halogens is 3. The van der Waals surface area contributed by atoms with Crippen LogP contribution in [0, 0.1) is 11.7 Å². The van der Waals surface area contributed by atoms with Crippen molar-refractivity contribution in [2.24, 2.45) is 5.92 Å². The predicted octanol–water partition coefficient (Wildman–Crippen LogP) is 4.51. The van der Waals surface area contributed by atoms with Crippen molar-refractivity contribution in [3.05, 3.63) is 69.5 Å². The SMILES string of the molecule is CN(C)C(=O)[C@H]1C[C@@H](NC(=O)c2cc(Cl)cc(Cl)c2)C[C@@H]1c1ccc(F)cc1. The number of hydrogen-bond acceptors (Lipinski definition) is 2. The average Bonchev–Trinajstić information content (AvgIpc) is 3.04. The summed E-state index contributed by atoms with van der Waals surface area (Å²) >= 11 is 12.0. The standard InChI is InChI=1S/C21H21Cl2FN2O2/c1-26(2)21(28)19-11-17(10-18(19)12-3-5-16(24)6-4-12)25-20(27)13-7-14(22)9-15(23)8-13/h3-9,17-19H,10-11H2,1-2H3,(H,25,27)/t17-,18+,19-/m0/s1. The fourth-order valence-corrected chi connectivity index (χ4v) is 4.32. The van der Waals surface area contributed by atoms with Crippen LogP contribution < -0.4 is 5.32 Å². The molecule has 0 aromatic heterocycles. The van der Waals surface area contributed by atoms with Gasteiger partial charge in [0.1, 0.15) is 5.82 Å². The molecule has 1 fully saturated rings. The van der Waals surface area contributed by atoms with E-state index in [-0.39, 0.29) is 35.5 Å². The Hall–Kier alpha value is -2.11. The highest BCUT2D eigenvalue weighted by atomic mass is 35.5. The van der Waals surface area contributed by atoms with Crippen LogP contribution in [-0.4, -0.2) is 36.9 Å². The summed E-state index contributed by atoms with van der Waals surface area (Å²) in [6, 6.07) is 10.7. The maximum Gasteiger partial charge on any atom is 0.251 e. The van der Waals surface area contributed by atoms with Gasteiger partial charge in [-0.25, -0.2) is 4.39 Å². The number of carbonyl (C=O) groups is 2. The first-order valence-corrected chi connectivity index (χ1v) is 9.73. The molecule has 1 N–H and O–H groups in total. The molecule has 1 aliphatic rings. The number of rotatable bonds is 4. The predicted molar refractivity (Wildman–Crippen MR) is 108 cm³/mol. The minimum atomic E-state index is -0.320. The molecule has 3 rings (SSSR count). The van der Waals surface area contributed by atoms with Gasteiger partial charge in [0.25, 0.3) is 5.91 Å². The molecule has 0 saturated heterocycles. The molecule has 2 amide bonds. The number of amides is 2. The third-order valence-electron chi connectivity index (χ3n) is 5.08. The Morgan fingerprint density at radius 1 is 1.04 bits per heavy atom. The monoisotopic (exact) mass is 422 g/mol. The lowest BCUT2D eigenvalue weighted by Crippen LogP contribution is -2.34. The number of nitrogens with zero attached hydrogens (tertiary/aromatic N) is 1. The van der Waals surface area contributed by atoms with Crippen molar-refractivity contribution in [3.63, 3.8) is 0 Å². The van der Waals surface area contributed by atoms with Crippen LogP contribution in [-0.2, 0) is 4.79 Å². The largest absolute Gasteiger partial charge is 0.349 e. The molecule has 7 heteroatoms. The van der Waals surface area contributed by atoms with E-state index in [1.54, 1.807) is 49.3 Å². The van der Waals surface area contributed by atoms with E-state index in [0.717, 1.165) is 5.56 Å². The molecule has 0 radical (unpaired) electrons. The Morgan fingerprint density at radius 3 is 2.21 bits per heavy atom. The van der Waals surface area contributed by atoms with E-state index >= 15 is 0 Å². The van der Waals surface area contributed by atoms with E-state index < -0.39 is 0 Å². The van der Waals surface area contributed by atoms with E-state index in [0.29, 0.717) is 28.5 Å². The number of hydrogen-bond donors (Lipinski definition) is 1. The molecule has 3 atom stereocenters. The zero-order valence-electron chi connectivity index (χ0n) is 15.6. The summed E-state index contributed by atoms with van der Waals surface area (Å²) in [5.41, 5.74) is 1.27. The summed E-state index contributed by atoms with van der Waals surface area (Å²) in [5, 5.41) is 3.75. The molecule has 1 aliphatic carbocycles. The summed E-state index contributed by atoms with van der Waals surface area (Å²) < 4.78 is 13.3. The highest BCUT2D eigenvalue weighted by Gasteiger charge is 2.40. The van der Waals surface area contributed by atoms with Crippen LogP contribution in [0.1, 0.15) is 34.7 Å². The van der Waals surface area contributed by atoms with Crippen LogP contribution in [0.5, 0.6) is 0 Å². The highest BCUT2D eigenvalue weighted by Crippen LogP contribution is 2.41. The Kier molecular flexibility index (Phi) is 6.26. The molecule has 28 heavy (non-hydrogen) atoms. The zero-order valence-corrected chi connectivity index (χ0v) is 17.1. The molecule has 1 saturated carbocycles. The summed E-state index contributed by atoms with van der Waals surface area (Å²) in [7, 11) is 3.42. The normalized spacial score (nSPS) is 21.4. The van der Waals surface area contributed by atoms with Crippen LogP contribution in [0.4, 0.5) is 4.39 Å². The first kappa shape index (κ1) is 20.6. The lowest BCUT2D eigenvalue weighted by molar-refractivity contribution is -0.133. The summed E-state index contributed by atoms with van der Waals surface area (Å²) in [5.74, 6) is -0.987. The van der Waals surface area contributed by atoms with Crippen molar-refractivity contribution in [2.75, 3.05) is 14.1 Å². The maximum absolute atomic E-state index is 13.3. The van der Waals surface area contributed by atoms with Crippen molar-refractivity contribution >= 4 is 35.0 Å². The van der Waals surface area contributed by atoms with E-state index in [4.69, 9.17) is 23.2 Å². The third kappa shape index (κ3) is 4.65. The number of benzene rings is 2. The van der Waals surface area contributed by atoms with Crippen LogP contribution in [0.15, 0.2) is 42.5 Å². The highest BCUT2D eigenvalue weighted by molar-refractivity contribution is 6.35. The minimum absolute atomic E-state index is 0.00289. The van der Waals surface area contributed by atoms with Gasteiger partial charge in [0.15, 0.2) is 0 Å². The first-order chi connectivity index (χ1) is 13.2. The van der Waals surface area contributed by atoms with Gasteiger partial charge < -0.3 is 10.2 Å². The zero-order chi connectivity index (χ0) is 20.4. The minimum Gasteiger partial charge on any atom is -0.349 e. The van der Waals surface area contributed by atoms with Gasteiger partial charge in [0.05, 0.1) is 0 Å². The molecule has 0 heterocycles. The van der Waals surface area contributed by atoms with Gasteiger partial charge in [-0.15, -0.1) is 0 Å². The van der Waals surface area contributed by atoms with Crippen molar-refractivity contribution in [1.82, 2.24) is 10.2 Å². The molecule has 0 spiro atoms. The second kappa shape index (κ2) is 8.50. The summed E-state index contributed by atoms with van der Waals surface area (Å²) in [6.45, 7) is 0. The lowest BCUT2D eigenvalue weighted by atomic mass is 9.88. The Labute approximate surface area is 173 Å². The fraction of sp³-hybridized carbons (Fsp3) is 0.333. The second-order valence-corrected chi connectivity index (χ2v) is 8.17. The molecular weight excluding hydrogens is 402 g/mol. The van der Waals surface area contributed by atoms with Gasteiger partial charge >= 0.3 is 0 Å². The number of carbonyl (C=O) groups excluding carboxylic acids is 2. The Balaban J connectivity index is 1.80. The van der Waals surface area contributed by atoms with Crippen LogP contribution >= 0.6 is 23.2 Å². The smallest absolute Gasteiger partial charge is 0.251 e. The first-order valence-electron chi connectivity index (χ1n) is 8.98. The topological polar surface area (TPSA) is 49.4 Å². The van der Waals surface area contributed by atoms with Crippen LogP contribution in [0.3, 0.4) is 0 Å². The molecule has 2 aromatic rings. The molecule has 4 nitrogen and oxygen atoms in total. The maximum atomic E-state index is 13.3. The average molecular weight is 423 g/mol. The van der Waals surface area contributed by atoms with Crippen molar-refractivity contribution < 1.29 is 14.0 Å². The fourth-order valence-electron chi connectivity index (χ4n) is 3.79. The molecule has 148 valence electrons. The molecule has 2 aromatic carbocycles. The quantitative estimate of drug-likeness (QED) is 0.787. The third-order valence-corrected chi connectivity index (χ3v) is 5.52. The van der Waals surface area contributed by atoms with Gasteiger partial charge in [-0.1, -0.05) is 35.3 Å². The van der Waals surface area contributed by atoms with Crippen LogP contribution in [0.2, 0.25) is 10.0 Å². The van der Waals surface area contributed by atoms with E-state index in [1.807, 2.05) is 0 Å². The van der Waals surface area contributed by atoms with Crippen molar-refractivity contribution in [3.8, 4) is 0 Å². The van der Waals surface area contributed by atoms with Crippen molar-refractivity contribution in [2.45, 2.75) is 24.8 Å².